The lowest BCUT2D eigenvalue weighted by molar-refractivity contribution is 0.796. The van der Waals surface area contributed by atoms with Gasteiger partial charge in [0.1, 0.15) is 5.82 Å². The molecule has 0 amide bonds. The largest absolute Gasteiger partial charge is 0.399 e. The minimum atomic E-state index is 0.511. The van der Waals surface area contributed by atoms with Crippen molar-refractivity contribution in [2.45, 2.75) is 33.2 Å². The van der Waals surface area contributed by atoms with Gasteiger partial charge >= 0.3 is 0 Å². The van der Waals surface area contributed by atoms with Gasteiger partial charge in [0.05, 0.1) is 11.0 Å². The smallest absolute Gasteiger partial charge is 0.141 e. The first-order valence-electron chi connectivity index (χ1n) is 7.46. The predicted octanol–water partition coefficient (Wildman–Crippen LogP) is 4.43. The molecule has 3 heteroatoms. The van der Waals surface area contributed by atoms with Crippen LogP contribution in [0.25, 0.3) is 22.4 Å². The van der Waals surface area contributed by atoms with Crippen LogP contribution in [0.1, 0.15) is 32.3 Å². The molecule has 3 aromatic rings. The number of rotatable bonds is 3. The lowest BCUT2D eigenvalue weighted by atomic mass is 10.0. The summed E-state index contributed by atoms with van der Waals surface area (Å²) < 4.78 is 2.24. The van der Waals surface area contributed by atoms with Gasteiger partial charge in [0, 0.05) is 17.8 Å². The van der Waals surface area contributed by atoms with Crippen molar-refractivity contribution in [1.29, 1.82) is 0 Å². The first-order chi connectivity index (χ1) is 10.1. The van der Waals surface area contributed by atoms with Gasteiger partial charge in [0.25, 0.3) is 0 Å². The third-order valence-corrected chi connectivity index (χ3v) is 3.90. The van der Waals surface area contributed by atoms with Crippen molar-refractivity contribution in [2.24, 2.45) is 0 Å². The summed E-state index contributed by atoms with van der Waals surface area (Å²) in [6.45, 7) is 7.45. The van der Waals surface area contributed by atoms with E-state index in [1.807, 2.05) is 18.2 Å². The molecule has 0 aliphatic rings. The SMILES string of the molecule is CCn1c(-c2cccc(N)c2)nc2cc(C(C)C)ccc21. The zero-order chi connectivity index (χ0) is 15.0. The summed E-state index contributed by atoms with van der Waals surface area (Å²) >= 11 is 0. The first kappa shape index (κ1) is 13.7. The van der Waals surface area contributed by atoms with Gasteiger partial charge < -0.3 is 10.3 Å². The van der Waals surface area contributed by atoms with E-state index in [0.29, 0.717) is 5.92 Å². The molecule has 3 rings (SSSR count). The molecule has 0 atom stereocenters. The van der Waals surface area contributed by atoms with Gasteiger partial charge in [0.15, 0.2) is 0 Å². The molecule has 0 radical (unpaired) electrons. The quantitative estimate of drug-likeness (QED) is 0.721. The Morgan fingerprint density at radius 2 is 1.95 bits per heavy atom. The minimum absolute atomic E-state index is 0.511. The average Bonchev–Trinajstić information content (AvgIpc) is 2.84. The fourth-order valence-electron chi connectivity index (χ4n) is 2.72. The molecule has 2 aromatic carbocycles. The highest BCUT2D eigenvalue weighted by atomic mass is 15.1. The maximum Gasteiger partial charge on any atom is 0.141 e. The fourth-order valence-corrected chi connectivity index (χ4v) is 2.72. The van der Waals surface area contributed by atoms with Gasteiger partial charge in [-0.2, -0.15) is 0 Å². The number of anilines is 1. The monoisotopic (exact) mass is 279 g/mol. The second kappa shape index (κ2) is 5.24. The Labute approximate surface area is 125 Å². The van der Waals surface area contributed by atoms with E-state index in [9.17, 15) is 0 Å². The van der Waals surface area contributed by atoms with Crippen molar-refractivity contribution in [1.82, 2.24) is 9.55 Å². The molecule has 0 unspecified atom stereocenters. The molecule has 0 saturated carbocycles. The standard InChI is InChI=1S/C18H21N3/c1-4-21-17-9-8-13(12(2)3)11-16(17)20-18(21)14-6-5-7-15(19)10-14/h5-12H,4,19H2,1-3H3. The molecule has 0 aliphatic carbocycles. The Morgan fingerprint density at radius 1 is 1.14 bits per heavy atom. The van der Waals surface area contributed by atoms with Gasteiger partial charge in [-0.25, -0.2) is 4.98 Å². The molecule has 0 bridgehead atoms. The Hall–Kier alpha value is -2.29. The molecule has 3 nitrogen and oxygen atoms in total. The van der Waals surface area contributed by atoms with Crippen LogP contribution < -0.4 is 5.73 Å². The van der Waals surface area contributed by atoms with Crippen molar-refractivity contribution >= 4 is 16.7 Å². The number of nitrogens with two attached hydrogens (primary N) is 1. The van der Waals surface area contributed by atoms with Crippen LogP contribution in [-0.4, -0.2) is 9.55 Å². The number of aryl methyl sites for hydroxylation is 1. The number of imidazole rings is 1. The molecule has 21 heavy (non-hydrogen) atoms. The number of hydrogen-bond donors (Lipinski definition) is 1. The molecular weight excluding hydrogens is 258 g/mol. The van der Waals surface area contributed by atoms with Crippen molar-refractivity contribution < 1.29 is 0 Å². The van der Waals surface area contributed by atoms with E-state index in [-0.39, 0.29) is 0 Å². The Morgan fingerprint density at radius 3 is 2.62 bits per heavy atom. The van der Waals surface area contributed by atoms with Gasteiger partial charge in [-0.3, -0.25) is 0 Å². The van der Waals surface area contributed by atoms with Crippen molar-refractivity contribution in [3.63, 3.8) is 0 Å². The van der Waals surface area contributed by atoms with Crippen LogP contribution in [0.2, 0.25) is 0 Å². The summed E-state index contributed by atoms with van der Waals surface area (Å²) in [5.74, 6) is 1.50. The summed E-state index contributed by atoms with van der Waals surface area (Å²) in [6.07, 6.45) is 0. The highest BCUT2D eigenvalue weighted by molar-refractivity contribution is 5.82. The molecule has 2 N–H and O–H groups in total. The molecule has 1 heterocycles. The van der Waals surface area contributed by atoms with E-state index in [1.54, 1.807) is 0 Å². The number of nitrogen functional groups attached to an aromatic ring is 1. The normalized spacial score (nSPS) is 11.4. The second-order valence-electron chi connectivity index (χ2n) is 5.71. The van der Waals surface area contributed by atoms with E-state index in [1.165, 1.54) is 11.1 Å². The molecule has 0 saturated heterocycles. The molecule has 0 aliphatic heterocycles. The van der Waals surface area contributed by atoms with Crippen molar-refractivity contribution in [2.75, 3.05) is 5.73 Å². The summed E-state index contributed by atoms with van der Waals surface area (Å²) in [6, 6.07) is 14.5. The molecule has 1 aromatic heterocycles. The summed E-state index contributed by atoms with van der Waals surface area (Å²) in [7, 11) is 0. The molecule has 108 valence electrons. The number of fused-ring (bicyclic) bond motifs is 1. The third-order valence-electron chi connectivity index (χ3n) is 3.90. The highest BCUT2D eigenvalue weighted by Gasteiger charge is 2.12. The molecule has 0 spiro atoms. The van der Waals surface area contributed by atoms with E-state index in [2.05, 4.69) is 49.6 Å². The van der Waals surface area contributed by atoms with Crippen LogP contribution in [0.4, 0.5) is 5.69 Å². The van der Waals surface area contributed by atoms with E-state index < -0.39 is 0 Å². The predicted molar refractivity (Wildman–Crippen MR) is 89.3 cm³/mol. The van der Waals surface area contributed by atoms with Gasteiger partial charge in [-0.15, -0.1) is 0 Å². The zero-order valence-corrected chi connectivity index (χ0v) is 12.8. The second-order valence-corrected chi connectivity index (χ2v) is 5.71. The van der Waals surface area contributed by atoms with Crippen LogP contribution in [0.15, 0.2) is 42.5 Å². The minimum Gasteiger partial charge on any atom is -0.399 e. The lowest BCUT2D eigenvalue weighted by Crippen LogP contribution is -1.98. The maximum absolute atomic E-state index is 5.91. The topological polar surface area (TPSA) is 43.8 Å². The summed E-state index contributed by atoms with van der Waals surface area (Å²) in [5, 5.41) is 0. The number of benzene rings is 2. The molecule has 0 fully saturated rings. The van der Waals surface area contributed by atoms with Crippen molar-refractivity contribution in [3.05, 3.63) is 48.0 Å². The van der Waals surface area contributed by atoms with Crippen LogP contribution in [0.3, 0.4) is 0 Å². The zero-order valence-electron chi connectivity index (χ0n) is 12.8. The van der Waals surface area contributed by atoms with Crippen molar-refractivity contribution in [3.8, 4) is 11.4 Å². The Bertz CT molecular complexity index is 784. The Kier molecular flexibility index (Phi) is 3.42. The number of aromatic nitrogens is 2. The van der Waals surface area contributed by atoms with E-state index in [0.717, 1.165) is 29.1 Å². The number of nitrogens with zero attached hydrogens (tertiary/aromatic N) is 2. The highest BCUT2D eigenvalue weighted by Crippen LogP contribution is 2.28. The Balaban J connectivity index is 2.23. The van der Waals surface area contributed by atoms with Crippen LogP contribution in [0, 0.1) is 0 Å². The van der Waals surface area contributed by atoms with Gasteiger partial charge in [-0.05, 0) is 42.7 Å². The molecular formula is C18H21N3. The number of hydrogen-bond acceptors (Lipinski definition) is 2. The average molecular weight is 279 g/mol. The summed E-state index contributed by atoms with van der Waals surface area (Å²) in [4.78, 5) is 4.85. The first-order valence-corrected chi connectivity index (χ1v) is 7.46. The fraction of sp³-hybridized carbons (Fsp3) is 0.278. The van der Waals surface area contributed by atoms with Gasteiger partial charge in [-0.1, -0.05) is 32.0 Å². The van der Waals surface area contributed by atoms with Crippen LogP contribution >= 0.6 is 0 Å². The van der Waals surface area contributed by atoms with Crippen LogP contribution in [-0.2, 0) is 6.54 Å². The van der Waals surface area contributed by atoms with E-state index in [4.69, 9.17) is 10.7 Å². The third kappa shape index (κ3) is 2.40. The van der Waals surface area contributed by atoms with E-state index >= 15 is 0 Å². The summed E-state index contributed by atoms with van der Waals surface area (Å²) in [5.41, 5.74) is 11.3. The lowest BCUT2D eigenvalue weighted by Gasteiger charge is -2.07. The van der Waals surface area contributed by atoms with Crippen LogP contribution in [0.5, 0.6) is 0 Å². The maximum atomic E-state index is 5.91. The van der Waals surface area contributed by atoms with Gasteiger partial charge in [0.2, 0.25) is 0 Å².